The van der Waals surface area contributed by atoms with Gasteiger partial charge in [0.25, 0.3) is 0 Å². The minimum Gasteiger partial charge on any atom is -0.312 e. The molecule has 0 aromatic carbocycles. The van der Waals surface area contributed by atoms with Gasteiger partial charge < -0.3 is 5.32 Å². The molecule has 1 N–H and O–H groups in total. The summed E-state index contributed by atoms with van der Waals surface area (Å²) in [6, 6.07) is 0.779. The maximum absolute atomic E-state index is 3.86. The van der Waals surface area contributed by atoms with Crippen LogP contribution in [0, 0.1) is 11.8 Å². The van der Waals surface area contributed by atoms with E-state index in [0.717, 1.165) is 17.9 Å². The zero-order chi connectivity index (χ0) is 11.6. The van der Waals surface area contributed by atoms with Crippen LogP contribution in [0.5, 0.6) is 0 Å². The van der Waals surface area contributed by atoms with Gasteiger partial charge in [-0.1, -0.05) is 20.3 Å². The van der Waals surface area contributed by atoms with Crippen molar-refractivity contribution in [2.45, 2.75) is 63.7 Å². The predicted octanol–water partition coefficient (Wildman–Crippen LogP) is 3.69. The molecule has 0 amide bonds. The van der Waals surface area contributed by atoms with Crippen LogP contribution >= 0.6 is 11.8 Å². The van der Waals surface area contributed by atoms with E-state index in [-0.39, 0.29) is 0 Å². The third-order valence-corrected chi connectivity index (χ3v) is 6.03. The molecule has 0 spiro atoms. The molecule has 0 aromatic rings. The van der Waals surface area contributed by atoms with E-state index < -0.39 is 0 Å². The molecule has 16 heavy (non-hydrogen) atoms. The highest BCUT2D eigenvalue weighted by atomic mass is 32.2. The van der Waals surface area contributed by atoms with Gasteiger partial charge in [-0.05, 0) is 50.2 Å². The van der Waals surface area contributed by atoms with Gasteiger partial charge in [0, 0.05) is 17.3 Å². The summed E-state index contributed by atoms with van der Waals surface area (Å²) >= 11 is 2.17. The van der Waals surface area contributed by atoms with E-state index in [1.807, 2.05) is 0 Å². The maximum Gasteiger partial charge on any atom is 0.0256 e. The minimum absolute atomic E-state index is 0.528. The molecule has 1 saturated heterocycles. The molecule has 1 nitrogen and oxygen atoms in total. The quantitative estimate of drug-likeness (QED) is 0.809. The first kappa shape index (κ1) is 12.8. The van der Waals surface area contributed by atoms with Crippen molar-refractivity contribution in [3.05, 3.63) is 0 Å². The predicted molar refractivity (Wildman–Crippen MR) is 74.1 cm³/mol. The van der Waals surface area contributed by atoms with Gasteiger partial charge >= 0.3 is 0 Å². The van der Waals surface area contributed by atoms with E-state index in [2.05, 4.69) is 37.8 Å². The largest absolute Gasteiger partial charge is 0.312 e. The lowest BCUT2D eigenvalue weighted by Crippen LogP contribution is -2.45. The lowest BCUT2D eigenvalue weighted by molar-refractivity contribution is 0.225. The van der Waals surface area contributed by atoms with E-state index in [9.17, 15) is 0 Å². The SMILES string of the molecule is CC1CCC(C)C(NCC2(C)CCCS2)C1. The van der Waals surface area contributed by atoms with Crippen molar-refractivity contribution in [3.8, 4) is 0 Å². The first-order chi connectivity index (χ1) is 7.59. The number of hydrogen-bond donors (Lipinski definition) is 1. The molecule has 0 aromatic heterocycles. The average Bonchev–Trinajstić information content (AvgIpc) is 2.67. The molecule has 1 heterocycles. The third-order valence-electron chi connectivity index (χ3n) is 4.50. The van der Waals surface area contributed by atoms with Crippen molar-refractivity contribution in [2.24, 2.45) is 11.8 Å². The number of hydrogen-bond acceptors (Lipinski definition) is 2. The van der Waals surface area contributed by atoms with Gasteiger partial charge in [-0.3, -0.25) is 0 Å². The second-order valence-corrected chi connectivity index (χ2v) is 7.97. The monoisotopic (exact) mass is 241 g/mol. The maximum atomic E-state index is 3.86. The first-order valence-electron chi connectivity index (χ1n) is 6.96. The van der Waals surface area contributed by atoms with Crippen molar-refractivity contribution < 1.29 is 0 Å². The van der Waals surface area contributed by atoms with Crippen molar-refractivity contribution in [2.75, 3.05) is 12.3 Å². The van der Waals surface area contributed by atoms with Gasteiger partial charge in [0.2, 0.25) is 0 Å². The van der Waals surface area contributed by atoms with E-state index in [0.29, 0.717) is 4.75 Å². The second kappa shape index (κ2) is 5.30. The lowest BCUT2D eigenvalue weighted by Gasteiger charge is -2.36. The molecular weight excluding hydrogens is 214 g/mol. The molecule has 2 heteroatoms. The Morgan fingerprint density at radius 3 is 2.81 bits per heavy atom. The van der Waals surface area contributed by atoms with Gasteiger partial charge in [0.15, 0.2) is 0 Å². The Hall–Kier alpha value is 0.310. The summed E-state index contributed by atoms with van der Waals surface area (Å²) in [5.41, 5.74) is 0. The summed E-state index contributed by atoms with van der Waals surface area (Å²) < 4.78 is 0.528. The van der Waals surface area contributed by atoms with Crippen LogP contribution < -0.4 is 5.32 Å². The van der Waals surface area contributed by atoms with Crippen LogP contribution in [-0.2, 0) is 0 Å². The summed E-state index contributed by atoms with van der Waals surface area (Å²) in [7, 11) is 0. The number of thioether (sulfide) groups is 1. The van der Waals surface area contributed by atoms with Crippen LogP contribution in [-0.4, -0.2) is 23.1 Å². The van der Waals surface area contributed by atoms with Crippen LogP contribution in [0.3, 0.4) is 0 Å². The molecule has 94 valence electrons. The summed E-state index contributed by atoms with van der Waals surface area (Å²) in [6.07, 6.45) is 7.07. The van der Waals surface area contributed by atoms with Crippen LogP contribution in [0.1, 0.15) is 52.9 Å². The molecule has 1 aliphatic heterocycles. The highest BCUT2D eigenvalue weighted by Crippen LogP contribution is 2.37. The smallest absolute Gasteiger partial charge is 0.0256 e. The molecule has 1 saturated carbocycles. The number of rotatable bonds is 3. The molecule has 4 atom stereocenters. The molecule has 4 unspecified atom stereocenters. The van der Waals surface area contributed by atoms with Crippen LogP contribution in [0.4, 0.5) is 0 Å². The van der Waals surface area contributed by atoms with Crippen molar-refractivity contribution in [3.63, 3.8) is 0 Å². The fourth-order valence-electron chi connectivity index (χ4n) is 3.14. The minimum atomic E-state index is 0.528. The molecule has 2 rings (SSSR count). The fourth-order valence-corrected chi connectivity index (χ4v) is 4.40. The Kier molecular flexibility index (Phi) is 4.23. The van der Waals surface area contributed by atoms with Crippen molar-refractivity contribution in [1.82, 2.24) is 5.32 Å². The molecule has 2 fully saturated rings. The Morgan fingerprint density at radius 1 is 1.31 bits per heavy atom. The Labute approximate surface area is 105 Å². The normalized spacial score (nSPS) is 44.8. The Bertz CT molecular complexity index is 223. The number of nitrogens with one attached hydrogen (secondary N) is 1. The van der Waals surface area contributed by atoms with Gasteiger partial charge in [0.05, 0.1) is 0 Å². The zero-order valence-corrected chi connectivity index (χ0v) is 11.9. The second-order valence-electron chi connectivity index (χ2n) is 6.28. The van der Waals surface area contributed by atoms with Gasteiger partial charge in [-0.2, -0.15) is 11.8 Å². The fraction of sp³-hybridized carbons (Fsp3) is 1.00. The third kappa shape index (κ3) is 3.16. The summed E-state index contributed by atoms with van der Waals surface area (Å²) in [5, 5.41) is 3.86. The van der Waals surface area contributed by atoms with Crippen LogP contribution in [0.2, 0.25) is 0 Å². The average molecular weight is 241 g/mol. The molecule has 1 aliphatic carbocycles. The molecule has 0 bridgehead atoms. The van der Waals surface area contributed by atoms with Gasteiger partial charge in [0.1, 0.15) is 0 Å². The van der Waals surface area contributed by atoms with E-state index >= 15 is 0 Å². The molecule has 0 radical (unpaired) electrons. The van der Waals surface area contributed by atoms with Crippen LogP contribution in [0.15, 0.2) is 0 Å². The Balaban J connectivity index is 1.79. The summed E-state index contributed by atoms with van der Waals surface area (Å²) in [5.74, 6) is 3.18. The topological polar surface area (TPSA) is 12.0 Å². The molecule has 2 aliphatic rings. The standard InChI is InChI=1S/C14H27NS/c1-11-5-6-12(2)13(9-11)15-10-14(3)7-4-8-16-14/h11-13,15H,4-10H2,1-3H3. The van der Waals surface area contributed by atoms with Gasteiger partial charge in [-0.25, -0.2) is 0 Å². The van der Waals surface area contributed by atoms with Gasteiger partial charge in [-0.15, -0.1) is 0 Å². The highest BCUT2D eigenvalue weighted by Gasteiger charge is 2.32. The lowest BCUT2D eigenvalue weighted by atomic mass is 9.80. The summed E-state index contributed by atoms with van der Waals surface area (Å²) in [6.45, 7) is 8.49. The van der Waals surface area contributed by atoms with E-state index in [4.69, 9.17) is 0 Å². The highest BCUT2D eigenvalue weighted by molar-refractivity contribution is 8.00. The van der Waals surface area contributed by atoms with E-state index in [1.165, 1.54) is 44.4 Å². The van der Waals surface area contributed by atoms with E-state index in [1.54, 1.807) is 0 Å². The van der Waals surface area contributed by atoms with Crippen molar-refractivity contribution in [1.29, 1.82) is 0 Å². The zero-order valence-electron chi connectivity index (χ0n) is 11.1. The summed E-state index contributed by atoms with van der Waals surface area (Å²) in [4.78, 5) is 0. The van der Waals surface area contributed by atoms with Crippen LogP contribution in [0.25, 0.3) is 0 Å². The Morgan fingerprint density at radius 2 is 2.12 bits per heavy atom. The first-order valence-corrected chi connectivity index (χ1v) is 7.95. The van der Waals surface area contributed by atoms with Crippen molar-refractivity contribution >= 4 is 11.8 Å². The molecular formula is C14H27NS.